The molecule has 300 valence electrons. The molecule has 4 aliphatic rings. The largest absolute Gasteiger partial charge is 0.384 e. The first-order chi connectivity index (χ1) is 26.1. The molecular formula is C37H52N8O9S. The fourth-order valence-corrected chi connectivity index (χ4v) is 9.35. The molecule has 17 nitrogen and oxygen atoms in total. The van der Waals surface area contributed by atoms with Crippen molar-refractivity contribution in [1.29, 1.82) is 0 Å². The van der Waals surface area contributed by atoms with Gasteiger partial charge in [-0.1, -0.05) is 37.3 Å². The van der Waals surface area contributed by atoms with Crippen LogP contribution in [0, 0.1) is 5.92 Å². The summed E-state index contributed by atoms with van der Waals surface area (Å²) in [5.74, 6) is -3.83. The number of nitrogens with one attached hydrogen (secondary N) is 3. The van der Waals surface area contributed by atoms with Crippen LogP contribution in [0.15, 0.2) is 35.4 Å². The number of nitrogens with zero attached hydrogens (tertiary/aromatic N) is 4. The maximum atomic E-state index is 14.8. The monoisotopic (exact) mass is 784 g/mol. The lowest BCUT2D eigenvalue weighted by Gasteiger charge is -2.35. The lowest BCUT2D eigenvalue weighted by Crippen LogP contribution is -2.62. The lowest BCUT2D eigenvalue weighted by atomic mass is 9.84. The molecule has 4 fully saturated rings. The molecule has 2 saturated carbocycles. The number of carbonyl (C=O) groups excluding carboxylic acids is 5. The fourth-order valence-electron chi connectivity index (χ4n) is 8.04. The van der Waals surface area contributed by atoms with Crippen LogP contribution in [-0.4, -0.2) is 106 Å². The van der Waals surface area contributed by atoms with E-state index in [0.29, 0.717) is 25.1 Å². The molecule has 0 bridgehead atoms. The third-order valence-electron chi connectivity index (χ3n) is 11.2. The molecule has 2 saturated heterocycles. The Bertz CT molecular complexity index is 1860. The number of rotatable bonds is 14. The maximum Gasteiger partial charge on any atom is 0.287 e. The molecule has 3 heterocycles. The van der Waals surface area contributed by atoms with Crippen molar-refractivity contribution >= 4 is 39.4 Å². The Morgan fingerprint density at radius 1 is 1.02 bits per heavy atom. The van der Waals surface area contributed by atoms with Crippen LogP contribution in [0.3, 0.4) is 0 Å². The summed E-state index contributed by atoms with van der Waals surface area (Å²) in [6.45, 7) is 3.52. The summed E-state index contributed by atoms with van der Waals surface area (Å²) in [6, 6.07) is 2.54. The minimum atomic E-state index is -3.75. The number of likely N-dealkylation sites (tertiary alicyclic amines) is 1. The number of amides is 4. The highest BCUT2D eigenvalue weighted by Crippen LogP contribution is 2.34. The van der Waals surface area contributed by atoms with E-state index in [2.05, 4.69) is 25.7 Å². The molecular weight excluding hydrogens is 733 g/mol. The minimum Gasteiger partial charge on any atom is -0.384 e. The number of Topliss-reactive ketones (excluding diaryl/α,β-unsaturated/α-hetero) is 1. The van der Waals surface area contributed by atoms with Crippen LogP contribution in [0.25, 0.3) is 0 Å². The van der Waals surface area contributed by atoms with Crippen LogP contribution in [-0.2, 0) is 39.5 Å². The van der Waals surface area contributed by atoms with Gasteiger partial charge in [-0.15, -0.1) is 5.10 Å². The molecule has 6 N–H and O–H groups in total. The van der Waals surface area contributed by atoms with E-state index < -0.39 is 68.7 Å². The maximum absolute atomic E-state index is 14.8. The zero-order valence-corrected chi connectivity index (χ0v) is 32.2. The first kappa shape index (κ1) is 40.4. The van der Waals surface area contributed by atoms with E-state index in [0.717, 1.165) is 44.9 Å². The van der Waals surface area contributed by atoms with Gasteiger partial charge in [0.25, 0.3) is 11.8 Å². The van der Waals surface area contributed by atoms with Gasteiger partial charge in [0.1, 0.15) is 23.2 Å². The van der Waals surface area contributed by atoms with Crippen molar-refractivity contribution in [3.8, 4) is 0 Å². The molecule has 4 amide bonds. The van der Waals surface area contributed by atoms with Crippen LogP contribution in [0.5, 0.6) is 0 Å². The molecule has 6 rings (SSSR count). The van der Waals surface area contributed by atoms with Gasteiger partial charge in [0.15, 0.2) is 0 Å². The van der Waals surface area contributed by atoms with Gasteiger partial charge in [0.2, 0.25) is 27.6 Å². The smallest absolute Gasteiger partial charge is 0.287 e. The quantitative estimate of drug-likeness (QED) is 0.169. The van der Waals surface area contributed by atoms with E-state index in [4.69, 9.17) is 10.5 Å². The average molecular weight is 785 g/mol. The SMILES string of the molecule is CC(C)(O)c1cnnn1[C@H]1C[C@@H](C(=O)N[C@@]2(C(=O)C(N)=O)CCCOCC2)N(C(=O)[C@@H](CC2CCCCC2)NC(=O)c2ccc(S(=O)(=O)NC3CC3)cc2)C1. The number of ether oxygens (including phenoxy) is 1. The Balaban J connectivity index is 1.30. The van der Waals surface area contributed by atoms with Gasteiger partial charge >= 0.3 is 0 Å². The Morgan fingerprint density at radius 3 is 2.38 bits per heavy atom. The summed E-state index contributed by atoms with van der Waals surface area (Å²) < 4.78 is 35.1. The Hall–Kier alpha value is -4.26. The van der Waals surface area contributed by atoms with Crippen molar-refractivity contribution in [3.05, 3.63) is 41.7 Å². The normalized spacial score (nSPS) is 24.5. The predicted molar refractivity (Wildman–Crippen MR) is 196 cm³/mol. The first-order valence-electron chi connectivity index (χ1n) is 19.2. The van der Waals surface area contributed by atoms with Crippen LogP contribution >= 0.6 is 0 Å². The van der Waals surface area contributed by atoms with Crippen molar-refractivity contribution < 1.29 is 42.2 Å². The van der Waals surface area contributed by atoms with Crippen molar-refractivity contribution in [2.24, 2.45) is 11.7 Å². The van der Waals surface area contributed by atoms with Crippen molar-refractivity contribution in [2.75, 3.05) is 19.8 Å². The average Bonchev–Trinajstić information content (AvgIpc) is 3.68. The van der Waals surface area contributed by atoms with Crippen LogP contribution in [0.2, 0.25) is 0 Å². The number of ketones is 1. The predicted octanol–water partition coefficient (Wildman–Crippen LogP) is 0.967. The van der Waals surface area contributed by atoms with E-state index in [1.54, 1.807) is 13.8 Å². The topological polar surface area (TPSA) is 245 Å². The highest BCUT2D eigenvalue weighted by atomic mass is 32.2. The molecule has 4 atom stereocenters. The number of hydrogen-bond acceptors (Lipinski definition) is 11. The van der Waals surface area contributed by atoms with E-state index in [-0.39, 0.29) is 54.8 Å². The van der Waals surface area contributed by atoms with Gasteiger partial charge in [-0.2, -0.15) is 0 Å². The summed E-state index contributed by atoms with van der Waals surface area (Å²) in [7, 11) is -3.75. The number of nitrogens with two attached hydrogens (primary N) is 1. The summed E-state index contributed by atoms with van der Waals surface area (Å²) in [5.41, 5.74) is 2.97. The number of aliphatic hydroxyl groups is 1. The van der Waals surface area contributed by atoms with Gasteiger partial charge in [-0.25, -0.2) is 17.8 Å². The van der Waals surface area contributed by atoms with Crippen LogP contribution in [0.1, 0.15) is 113 Å². The molecule has 55 heavy (non-hydrogen) atoms. The second-order valence-corrected chi connectivity index (χ2v) is 17.6. The molecule has 0 radical (unpaired) electrons. The second-order valence-electron chi connectivity index (χ2n) is 15.9. The number of hydrogen-bond donors (Lipinski definition) is 5. The Kier molecular flexibility index (Phi) is 12.1. The Morgan fingerprint density at radius 2 is 1.73 bits per heavy atom. The highest BCUT2D eigenvalue weighted by Gasteiger charge is 2.49. The third-order valence-corrected chi connectivity index (χ3v) is 12.8. The van der Waals surface area contributed by atoms with E-state index in [1.165, 1.54) is 40.0 Å². The van der Waals surface area contributed by atoms with Crippen molar-refractivity contribution in [3.63, 3.8) is 0 Å². The second kappa shape index (κ2) is 16.5. The molecule has 2 aliphatic carbocycles. The van der Waals surface area contributed by atoms with Gasteiger partial charge in [-0.05, 0) is 76.1 Å². The zero-order valence-electron chi connectivity index (χ0n) is 31.4. The first-order valence-corrected chi connectivity index (χ1v) is 20.7. The summed E-state index contributed by atoms with van der Waals surface area (Å²) in [6.07, 6.45) is 8.53. The number of sulfonamides is 1. The van der Waals surface area contributed by atoms with E-state index in [1.807, 2.05) is 0 Å². The third kappa shape index (κ3) is 9.41. The highest BCUT2D eigenvalue weighted by molar-refractivity contribution is 7.89. The number of aromatic nitrogens is 3. The molecule has 0 spiro atoms. The van der Waals surface area contributed by atoms with Crippen LogP contribution < -0.4 is 21.1 Å². The minimum absolute atomic E-state index is 0.00757. The van der Waals surface area contributed by atoms with E-state index >= 15 is 0 Å². The molecule has 2 aliphatic heterocycles. The zero-order chi connectivity index (χ0) is 39.5. The Labute approximate surface area is 320 Å². The van der Waals surface area contributed by atoms with Crippen molar-refractivity contribution in [2.45, 2.75) is 131 Å². The van der Waals surface area contributed by atoms with Gasteiger partial charge in [0.05, 0.1) is 22.8 Å². The summed E-state index contributed by atoms with van der Waals surface area (Å²) in [4.78, 5) is 70.0. The molecule has 0 unspecified atom stereocenters. The van der Waals surface area contributed by atoms with Gasteiger partial charge in [-0.3, -0.25) is 24.0 Å². The van der Waals surface area contributed by atoms with Crippen molar-refractivity contribution in [1.82, 2.24) is 35.2 Å². The standard InChI is InChI=1S/C37H52N8O9S/c1-36(2,51)30-21-39-43-45(30)26-20-29(34(49)41-37(31(46)32(38)47)15-6-17-54-18-16-37)44(22-26)35(50)28(19-23-7-4-3-5-8-23)40-33(48)24-9-13-27(14-10-24)55(52,53)42-25-11-12-25/h9-10,13-14,21,23,25-26,28-29,42,51H,3-8,11-12,15-20,22H2,1-2H3,(H2,38,47)(H,40,48)(H,41,49)/t26-,28+,29-,37-/m0/s1. The molecule has 1 aromatic carbocycles. The number of benzene rings is 1. The number of primary amides is 1. The van der Waals surface area contributed by atoms with Gasteiger partial charge in [0, 0.05) is 44.2 Å². The summed E-state index contributed by atoms with van der Waals surface area (Å²) >= 11 is 0. The number of carbonyl (C=O) groups is 5. The van der Waals surface area contributed by atoms with Crippen LogP contribution in [0.4, 0.5) is 0 Å². The summed E-state index contributed by atoms with van der Waals surface area (Å²) in [5, 5.41) is 24.8. The molecule has 2 aromatic rings. The van der Waals surface area contributed by atoms with E-state index in [9.17, 15) is 37.5 Å². The molecule has 1 aromatic heterocycles. The fraction of sp³-hybridized carbons (Fsp3) is 0.649. The molecule has 18 heteroatoms. The lowest BCUT2D eigenvalue weighted by molar-refractivity contribution is -0.145. The van der Waals surface area contributed by atoms with Gasteiger partial charge < -0.3 is 31.1 Å².